The van der Waals surface area contributed by atoms with Crippen molar-refractivity contribution in [2.75, 3.05) is 14.2 Å². The third kappa shape index (κ3) is 5.11. The van der Waals surface area contributed by atoms with Crippen molar-refractivity contribution < 1.29 is 19.4 Å². The van der Waals surface area contributed by atoms with Gasteiger partial charge in [0.1, 0.15) is 5.75 Å². The van der Waals surface area contributed by atoms with E-state index in [0.717, 1.165) is 16.7 Å². The molecule has 0 unspecified atom stereocenters. The number of ketones is 1. The summed E-state index contributed by atoms with van der Waals surface area (Å²) in [6, 6.07) is 10.6. The lowest BCUT2D eigenvalue weighted by atomic mass is 10.1. The molecule has 0 aromatic heterocycles. The molecule has 0 radical (unpaired) electrons. The average Bonchev–Trinajstić information content (AvgIpc) is 2.66. The second-order valence-corrected chi connectivity index (χ2v) is 5.56. The number of hydrogen-bond acceptors (Lipinski definition) is 4. The highest BCUT2D eigenvalue weighted by atomic mass is 16.5. The summed E-state index contributed by atoms with van der Waals surface area (Å²) in [7, 11) is 3.14. The lowest BCUT2D eigenvalue weighted by molar-refractivity contribution is -0.110. The third-order valence-electron chi connectivity index (χ3n) is 3.76. The Kier molecular flexibility index (Phi) is 6.80. The standard InChI is InChI=1S/C22H22O4/c1-4-5-18-14-16(8-12-20(18)24)6-10-19(23)11-7-17-9-13-21(25-2)22(15-17)26-3/h4,6-15,24H,1,5H2,2-3H3. The van der Waals surface area contributed by atoms with Crippen molar-refractivity contribution >= 4 is 17.9 Å². The minimum absolute atomic E-state index is 0.141. The Morgan fingerprint density at radius 1 is 1.00 bits per heavy atom. The number of phenolic OH excluding ortho intramolecular Hbond substituents is 1. The summed E-state index contributed by atoms with van der Waals surface area (Å²) in [6.07, 6.45) is 8.70. The Labute approximate surface area is 153 Å². The van der Waals surface area contributed by atoms with E-state index in [9.17, 15) is 9.90 Å². The van der Waals surface area contributed by atoms with Crippen molar-refractivity contribution in [2.45, 2.75) is 6.42 Å². The van der Waals surface area contributed by atoms with Crippen LogP contribution in [0.3, 0.4) is 0 Å². The highest BCUT2D eigenvalue weighted by Crippen LogP contribution is 2.28. The predicted molar refractivity (Wildman–Crippen MR) is 105 cm³/mol. The van der Waals surface area contributed by atoms with Gasteiger partial charge in [0.05, 0.1) is 14.2 Å². The summed E-state index contributed by atoms with van der Waals surface area (Å²) in [5.41, 5.74) is 2.45. The Bertz CT molecular complexity index is 847. The molecule has 4 nitrogen and oxygen atoms in total. The van der Waals surface area contributed by atoms with Crippen LogP contribution in [-0.4, -0.2) is 25.1 Å². The van der Waals surface area contributed by atoms with Gasteiger partial charge in [0.15, 0.2) is 17.3 Å². The van der Waals surface area contributed by atoms with E-state index in [1.165, 1.54) is 12.2 Å². The van der Waals surface area contributed by atoms with E-state index in [1.54, 1.807) is 56.7 Å². The van der Waals surface area contributed by atoms with Crippen LogP contribution in [-0.2, 0) is 11.2 Å². The molecule has 26 heavy (non-hydrogen) atoms. The quantitative estimate of drug-likeness (QED) is 0.565. The van der Waals surface area contributed by atoms with Crippen molar-refractivity contribution in [3.63, 3.8) is 0 Å². The summed E-state index contributed by atoms with van der Waals surface area (Å²) in [5, 5.41) is 9.76. The first-order chi connectivity index (χ1) is 12.6. The molecule has 2 aromatic rings. The lowest BCUT2D eigenvalue weighted by Gasteiger charge is -2.07. The summed E-state index contributed by atoms with van der Waals surface area (Å²) < 4.78 is 10.4. The molecule has 0 heterocycles. The average molecular weight is 350 g/mol. The number of aromatic hydroxyl groups is 1. The zero-order valence-corrected chi connectivity index (χ0v) is 14.9. The molecule has 0 fully saturated rings. The van der Waals surface area contributed by atoms with Crippen molar-refractivity contribution in [1.82, 2.24) is 0 Å². The van der Waals surface area contributed by atoms with E-state index < -0.39 is 0 Å². The van der Waals surface area contributed by atoms with E-state index in [-0.39, 0.29) is 11.5 Å². The lowest BCUT2D eigenvalue weighted by Crippen LogP contribution is -1.91. The van der Waals surface area contributed by atoms with Gasteiger partial charge in [0.2, 0.25) is 0 Å². The van der Waals surface area contributed by atoms with Gasteiger partial charge in [-0.05, 0) is 59.5 Å². The number of carbonyl (C=O) groups is 1. The van der Waals surface area contributed by atoms with Gasteiger partial charge in [-0.15, -0.1) is 6.58 Å². The summed E-state index contributed by atoms with van der Waals surface area (Å²) >= 11 is 0. The molecule has 4 heteroatoms. The van der Waals surface area contributed by atoms with Gasteiger partial charge >= 0.3 is 0 Å². The second-order valence-electron chi connectivity index (χ2n) is 5.56. The first kappa shape index (κ1) is 19.1. The second kappa shape index (κ2) is 9.28. The van der Waals surface area contributed by atoms with Crippen molar-refractivity contribution in [2.24, 2.45) is 0 Å². The topological polar surface area (TPSA) is 55.8 Å². The molecule has 0 bridgehead atoms. The molecule has 2 rings (SSSR count). The van der Waals surface area contributed by atoms with Crippen LogP contribution in [0.1, 0.15) is 16.7 Å². The largest absolute Gasteiger partial charge is 0.508 e. The fourth-order valence-corrected chi connectivity index (χ4v) is 2.40. The Morgan fingerprint density at radius 3 is 2.23 bits per heavy atom. The Hall–Kier alpha value is -3.27. The number of carbonyl (C=O) groups excluding carboxylic acids is 1. The first-order valence-electron chi connectivity index (χ1n) is 8.12. The fourth-order valence-electron chi connectivity index (χ4n) is 2.40. The number of ether oxygens (including phenoxy) is 2. The number of methoxy groups -OCH3 is 2. The number of allylic oxidation sites excluding steroid dienone is 3. The van der Waals surface area contributed by atoms with Crippen LogP contribution in [0.15, 0.2) is 61.2 Å². The maximum absolute atomic E-state index is 12.0. The van der Waals surface area contributed by atoms with Crippen molar-refractivity contribution in [3.05, 3.63) is 77.9 Å². The van der Waals surface area contributed by atoms with Gasteiger partial charge in [-0.1, -0.05) is 30.4 Å². The summed E-state index contributed by atoms with van der Waals surface area (Å²) in [4.78, 5) is 12.0. The first-order valence-corrected chi connectivity index (χ1v) is 8.12. The van der Waals surface area contributed by atoms with Gasteiger partial charge in [0.25, 0.3) is 0 Å². The number of rotatable bonds is 8. The van der Waals surface area contributed by atoms with E-state index in [2.05, 4.69) is 6.58 Å². The maximum Gasteiger partial charge on any atom is 0.178 e. The van der Waals surface area contributed by atoms with E-state index in [1.807, 2.05) is 12.1 Å². The molecule has 2 aromatic carbocycles. The van der Waals surface area contributed by atoms with Crippen molar-refractivity contribution in [3.8, 4) is 17.2 Å². The molecule has 0 atom stereocenters. The van der Waals surface area contributed by atoms with E-state index in [4.69, 9.17) is 9.47 Å². The molecule has 0 amide bonds. The molecule has 0 saturated heterocycles. The maximum atomic E-state index is 12.0. The van der Waals surface area contributed by atoms with Crippen LogP contribution in [0.25, 0.3) is 12.2 Å². The minimum atomic E-state index is -0.141. The predicted octanol–water partition coefficient (Wildman–Crippen LogP) is 4.43. The third-order valence-corrected chi connectivity index (χ3v) is 3.76. The van der Waals surface area contributed by atoms with Gasteiger partial charge in [-0.25, -0.2) is 0 Å². The SMILES string of the molecule is C=CCc1cc(C=CC(=O)C=Cc2ccc(OC)c(OC)c2)ccc1O. The zero-order valence-electron chi connectivity index (χ0n) is 14.9. The van der Waals surface area contributed by atoms with Gasteiger partial charge < -0.3 is 14.6 Å². The van der Waals surface area contributed by atoms with Crippen LogP contribution in [0.2, 0.25) is 0 Å². The van der Waals surface area contributed by atoms with Crippen LogP contribution in [0.4, 0.5) is 0 Å². The van der Waals surface area contributed by atoms with E-state index in [0.29, 0.717) is 17.9 Å². The summed E-state index contributed by atoms with van der Waals surface area (Å²) in [6.45, 7) is 3.67. The molecule has 0 aliphatic carbocycles. The van der Waals surface area contributed by atoms with Crippen LogP contribution in [0, 0.1) is 0 Å². The van der Waals surface area contributed by atoms with Crippen LogP contribution < -0.4 is 9.47 Å². The normalized spacial score (nSPS) is 11.0. The number of phenols is 1. The van der Waals surface area contributed by atoms with E-state index >= 15 is 0 Å². The number of hydrogen-bond donors (Lipinski definition) is 1. The Morgan fingerprint density at radius 2 is 1.62 bits per heavy atom. The van der Waals surface area contributed by atoms with Gasteiger partial charge in [-0.3, -0.25) is 4.79 Å². The van der Waals surface area contributed by atoms with Gasteiger partial charge in [-0.2, -0.15) is 0 Å². The molecular formula is C22H22O4. The van der Waals surface area contributed by atoms with Crippen LogP contribution in [0.5, 0.6) is 17.2 Å². The molecule has 0 spiro atoms. The summed E-state index contributed by atoms with van der Waals surface area (Å²) in [5.74, 6) is 1.33. The van der Waals surface area contributed by atoms with Gasteiger partial charge in [0, 0.05) is 0 Å². The smallest absolute Gasteiger partial charge is 0.178 e. The Balaban J connectivity index is 2.08. The fraction of sp³-hybridized carbons (Fsp3) is 0.136. The minimum Gasteiger partial charge on any atom is -0.508 e. The monoisotopic (exact) mass is 350 g/mol. The molecule has 0 saturated carbocycles. The molecule has 0 aliphatic rings. The molecule has 1 N–H and O–H groups in total. The number of benzene rings is 2. The van der Waals surface area contributed by atoms with Crippen LogP contribution >= 0.6 is 0 Å². The van der Waals surface area contributed by atoms with Crippen molar-refractivity contribution in [1.29, 1.82) is 0 Å². The zero-order chi connectivity index (χ0) is 18.9. The highest BCUT2D eigenvalue weighted by Gasteiger charge is 2.03. The highest BCUT2D eigenvalue weighted by molar-refractivity contribution is 6.04. The molecule has 0 aliphatic heterocycles. The molecule has 134 valence electrons. The molecular weight excluding hydrogens is 328 g/mol.